The fourth-order valence-electron chi connectivity index (χ4n) is 2.57. The van der Waals surface area contributed by atoms with Crippen LogP contribution in [0.1, 0.15) is 11.5 Å². The van der Waals surface area contributed by atoms with Crippen molar-refractivity contribution in [3.63, 3.8) is 0 Å². The van der Waals surface area contributed by atoms with Crippen molar-refractivity contribution in [3.05, 3.63) is 54.2 Å². The Labute approximate surface area is 151 Å². The van der Waals surface area contributed by atoms with Crippen LogP contribution >= 0.6 is 0 Å². The highest BCUT2D eigenvalue weighted by atomic mass is 19.4. The fourth-order valence-corrected chi connectivity index (χ4v) is 2.57. The zero-order chi connectivity index (χ0) is 20.1. The molecule has 0 amide bonds. The van der Waals surface area contributed by atoms with Crippen molar-refractivity contribution in [2.24, 2.45) is 0 Å². The molecule has 0 aliphatic rings. The molecule has 0 N–H and O–H groups in total. The second-order valence-electron chi connectivity index (χ2n) is 5.62. The molecule has 0 spiro atoms. The predicted molar refractivity (Wildman–Crippen MR) is 81.7 cm³/mol. The first-order valence-electron chi connectivity index (χ1n) is 7.56. The number of nitrogens with zero attached hydrogens (tertiary/aromatic N) is 5. The first-order valence-corrected chi connectivity index (χ1v) is 7.56. The topological polar surface area (TPSA) is 69.1 Å². The van der Waals surface area contributed by atoms with E-state index in [9.17, 15) is 26.3 Å². The summed E-state index contributed by atoms with van der Waals surface area (Å²) in [6.45, 7) is 0. The number of hydrogen-bond donors (Lipinski definition) is 0. The molecule has 3 aromatic heterocycles. The quantitative estimate of drug-likeness (QED) is 0.465. The first-order chi connectivity index (χ1) is 13.1. The lowest BCUT2D eigenvalue weighted by molar-refractivity contribution is -0.159. The molecule has 0 atom stereocenters. The van der Waals surface area contributed by atoms with Crippen LogP contribution in [-0.4, -0.2) is 24.7 Å². The standard InChI is InChI=1S/C16H7F6N5O/c17-15(18,19)9-3-1-2-8(6-9)11-4-5-23-13-10(7-24-27(11)13)12-25-14(28-26-12)16(20,21)22/h1-7H. The van der Waals surface area contributed by atoms with Gasteiger partial charge in [-0.3, -0.25) is 0 Å². The van der Waals surface area contributed by atoms with Crippen molar-refractivity contribution in [3.8, 4) is 22.6 Å². The molecule has 0 aliphatic heterocycles. The summed E-state index contributed by atoms with van der Waals surface area (Å²) in [5.41, 5.74) is -0.310. The Bertz CT molecular complexity index is 1160. The van der Waals surface area contributed by atoms with E-state index in [1.54, 1.807) is 0 Å². The Balaban J connectivity index is 1.83. The molecule has 144 valence electrons. The van der Waals surface area contributed by atoms with Gasteiger partial charge < -0.3 is 4.52 Å². The van der Waals surface area contributed by atoms with E-state index in [1.807, 2.05) is 0 Å². The summed E-state index contributed by atoms with van der Waals surface area (Å²) in [5, 5.41) is 7.28. The largest absolute Gasteiger partial charge is 0.471 e. The minimum Gasteiger partial charge on any atom is -0.329 e. The van der Waals surface area contributed by atoms with Gasteiger partial charge in [0.1, 0.15) is 0 Å². The molecule has 12 heteroatoms. The minimum absolute atomic E-state index is 0.0353. The van der Waals surface area contributed by atoms with Crippen LogP contribution in [0.4, 0.5) is 26.3 Å². The summed E-state index contributed by atoms with van der Waals surface area (Å²) in [6, 6.07) is 5.97. The van der Waals surface area contributed by atoms with Gasteiger partial charge in [-0.1, -0.05) is 17.3 Å². The van der Waals surface area contributed by atoms with E-state index in [-0.39, 0.29) is 22.5 Å². The monoisotopic (exact) mass is 399 g/mol. The summed E-state index contributed by atoms with van der Waals surface area (Å²) in [7, 11) is 0. The normalized spacial score (nSPS) is 12.6. The number of hydrogen-bond acceptors (Lipinski definition) is 5. The first kappa shape index (κ1) is 17.9. The van der Waals surface area contributed by atoms with Gasteiger partial charge in [0.2, 0.25) is 5.82 Å². The van der Waals surface area contributed by atoms with Crippen molar-refractivity contribution >= 4 is 5.65 Å². The van der Waals surface area contributed by atoms with Crippen LogP contribution in [0.15, 0.2) is 47.2 Å². The molecule has 6 nitrogen and oxygen atoms in total. The van der Waals surface area contributed by atoms with Crippen LogP contribution in [0.3, 0.4) is 0 Å². The third-order valence-corrected chi connectivity index (χ3v) is 3.80. The van der Waals surface area contributed by atoms with Crippen LogP contribution in [0.2, 0.25) is 0 Å². The van der Waals surface area contributed by atoms with Gasteiger partial charge in [-0.25, -0.2) is 9.50 Å². The maximum atomic E-state index is 13.0. The van der Waals surface area contributed by atoms with E-state index < -0.39 is 29.6 Å². The predicted octanol–water partition coefficient (Wildman–Crippen LogP) is 4.48. The van der Waals surface area contributed by atoms with E-state index >= 15 is 0 Å². The van der Waals surface area contributed by atoms with Gasteiger partial charge in [0.05, 0.1) is 23.0 Å². The van der Waals surface area contributed by atoms with E-state index in [4.69, 9.17) is 0 Å². The van der Waals surface area contributed by atoms with E-state index in [0.29, 0.717) is 0 Å². The zero-order valence-corrected chi connectivity index (χ0v) is 13.5. The lowest BCUT2D eigenvalue weighted by Gasteiger charge is -2.09. The highest BCUT2D eigenvalue weighted by Crippen LogP contribution is 2.33. The highest BCUT2D eigenvalue weighted by Gasteiger charge is 2.39. The van der Waals surface area contributed by atoms with Gasteiger partial charge in [-0.15, -0.1) is 0 Å². The van der Waals surface area contributed by atoms with Crippen LogP contribution in [0.25, 0.3) is 28.3 Å². The maximum absolute atomic E-state index is 13.0. The summed E-state index contributed by atoms with van der Waals surface area (Å²) in [5.74, 6) is -1.92. The van der Waals surface area contributed by atoms with Gasteiger partial charge in [0.25, 0.3) is 0 Å². The Morgan fingerprint density at radius 1 is 0.964 bits per heavy atom. The van der Waals surface area contributed by atoms with E-state index in [0.717, 1.165) is 18.3 Å². The summed E-state index contributed by atoms with van der Waals surface area (Å²) < 4.78 is 82.2. The molecule has 0 saturated carbocycles. The van der Waals surface area contributed by atoms with Crippen molar-refractivity contribution in [1.29, 1.82) is 0 Å². The molecule has 0 fully saturated rings. The summed E-state index contributed by atoms with van der Waals surface area (Å²) in [4.78, 5) is 7.30. The Kier molecular flexibility index (Phi) is 3.87. The van der Waals surface area contributed by atoms with Crippen LogP contribution in [0, 0.1) is 0 Å². The second kappa shape index (κ2) is 6.04. The number of fused-ring (bicyclic) bond motifs is 1. The molecular formula is C16H7F6N5O. The van der Waals surface area contributed by atoms with Crippen LogP contribution in [-0.2, 0) is 12.4 Å². The Hall–Kier alpha value is -3.44. The summed E-state index contributed by atoms with van der Waals surface area (Å²) in [6.07, 6.45) is -6.90. The van der Waals surface area contributed by atoms with Crippen molar-refractivity contribution in [1.82, 2.24) is 24.7 Å². The maximum Gasteiger partial charge on any atom is 0.471 e. The van der Waals surface area contributed by atoms with Crippen LogP contribution in [0.5, 0.6) is 0 Å². The average molecular weight is 399 g/mol. The van der Waals surface area contributed by atoms with Crippen molar-refractivity contribution < 1.29 is 30.9 Å². The lowest BCUT2D eigenvalue weighted by Crippen LogP contribution is -2.05. The fraction of sp³-hybridized carbons (Fsp3) is 0.125. The third kappa shape index (κ3) is 3.06. The molecule has 1 aromatic carbocycles. The smallest absolute Gasteiger partial charge is 0.329 e. The average Bonchev–Trinajstić information content (AvgIpc) is 3.27. The molecule has 0 aliphatic carbocycles. The molecule has 0 radical (unpaired) electrons. The lowest BCUT2D eigenvalue weighted by atomic mass is 10.1. The Morgan fingerprint density at radius 2 is 1.75 bits per heavy atom. The number of aromatic nitrogens is 5. The number of rotatable bonds is 2. The van der Waals surface area contributed by atoms with Crippen molar-refractivity contribution in [2.75, 3.05) is 0 Å². The van der Waals surface area contributed by atoms with Gasteiger partial charge in [-0.2, -0.15) is 36.4 Å². The van der Waals surface area contributed by atoms with Gasteiger partial charge in [0, 0.05) is 11.8 Å². The zero-order valence-electron chi connectivity index (χ0n) is 13.5. The van der Waals surface area contributed by atoms with Crippen molar-refractivity contribution in [2.45, 2.75) is 12.4 Å². The third-order valence-electron chi connectivity index (χ3n) is 3.80. The number of alkyl halides is 6. The molecule has 0 bridgehead atoms. The molecule has 28 heavy (non-hydrogen) atoms. The van der Waals surface area contributed by atoms with Gasteiger partial charge in [-0.05, 0) is 18.2 Å². The summed E-state index contributed by atoms with van der Waals surface area (Å²) >= 11 is 0. The second-order valence-corrected chi connectivity index (χ2v) is 5.62. The highest BCUT2D eigenvalue weighted by molar-refractivity contribution is 5.75. The van der Waals surface area contributed by atoms with E-state index in [1.165, 1.54) is 28.9 Å². The minimum atomic E-state index is -4.81. The molecule has 4 aromatic rings. The molecular weight excluding hydrogens is 392 g/mol. The van der Waals surface area contributed by atoms with Gasteiger partial charge in [0.15, 0.2) is 5.65 Å². The number of halogens is 6. The molecule has 0 unspecified atom stereocenters. The molecule has 3 heterocycles. The number of benzene rings is 1. The van der Waals surface area contributed by atoms with Crippen LogP contribution < -0.4 is 0 Å². The molecule has 0 saturated heterocycles. The van der Waals surface area contributed by atoms with Gasteiger partial charge >= 0.3 is 18.2 Å². The Morgan fingerprint density at radius 3 is 2.43 bits per heavy atom. The molecule has 4 rings (SSSR count). The van der Waals surface area contributed by atoms with E-state index in [2.05, 4.69) is 24.7 Å². The SMILES string of the molecule is FC(F)(F)c1cccc(-c2ccnc3c(-c4noc(C(F)(F)F)n4)cnn23)c1.